The van der Waals surface area contributed by atoms with E-state index in [0.29, 0.717) is 26.2 Å². The fourth-order valence-electron chi connectivity index (χ4n) is 4.92. The molecule has 1 aliphatic rings. The summed E-state index contributed by atoms with van der Waals surface area (Å²) < 4.78 is 25.7. The van der Waals surface area contributed by atoms with Crippen LogP contribution in [0.25, 0.3) is 0 Å². The van der Waals surface area contributed by atoms with E-state index < -0.39 is 30.0 Å². The quantitative estimate of drug-likeness (QED) is 0.267. The van der Waals surface area contributed by atoms with Gasteiger partial charge < -0.3 is 24.1 Å². The molecule has 1 saturated heterocycles. The van der Waals surface area contributed by atoms with E-state index in [9.17, 15) is 5.11 Å². The number of hydrogen-bond acceptors (Lipinski definition) is 5. The first-order valence-electron chi connectivity index (χ1n) is 13.2. The third kappa shape index (κ3) is 7.28. The van der Waals surface area contributed by atoms with Crippen LogP contribution in [0.4, 0.5) is 0 Å². The van der Waals surface area contributed by atoms with E-state index in [4.69, 9.17) is 18.9 Å². The first-order chi connectivity index (χ1) is 18.6. The SMILES string of the molecule is C=CC[C@@H]1O[C@H](COCc2ccccc2)[C@@H](OCc2ccccc2)[C@H](OCc2ccccc2)[C@]1(O)CC=C. The Morgan fingerprint density at radius 3 is 1.79 bits per heavy atom. The summed E-state index contributed by atoms with van der Waals surface area (Å²) in [4.78, 5) is 0. The summed E-state index contributed by atoms with van der Waals surface area (Å²) in [5.74, 6) is 0. The minimum atomic E-state index is -1.36. The van der Waals surface area contributed by atoms with Crippen molar-refractivity contribution in [2.24, 2.45) is 0 Å². The van der Waals surface area contributed by atoms with Gasteiger partial charge >= 0.3 is 0 Å². The molecule has 0 bridgehead atoms. The molecule has 1 N–H and O–H groups in total. The molecule has 3 aromatic carbocycles. The Balaban J connectivity index is 1.61. The zero-order chi connectivity index (χ0) is 26.6. The smallest absolute Gasteiger partial charge is 0.123 e. The molecule has 4 rings (SSSR count). The van der Waals surface area contributed by atoms with E-state index in [1.165, 1.54) is 0 Å². The van der Waals surface area contributed by atoms with Crippen LogP contribution in [0, 0.1) is 0 Å². The molecular weight excluding hydrogens is 476 g/mol. The molecule has 3 aromatic rings. The van der Waals surface area contributed by atoms with E-state index in [-0.39, 0.29) is 13.0 Å². The van der Waals surface area contributed by atoms with Crippen molar-refractivity contribution in [2.45, 2.75) is 62.7 Å². The molecule has 1 aliphatic heterocycles. The first kappa shape index (κ1) is 28.0. The first-order valence-corrected chi connectivity index (χ1v) is 13.2. The van der Waals surface area contributed by atoms with Crippen LogP contribution in [0.3, 0.4) is 0 Å². The van der Waals surface area contributed by atoms with Crippen LogP contribution in [-0.2, 0) is 38.8 Å². The third-order valence-electron chi connectivity index (χ3n) is 6.86. The van der Waals surface area contributed by atoms with Gasteiger partial charge in [0.05, 0.1) is 32.5 Å². The topological polar surface area (TPSA) is 57.2 Å². The summed E-state index contributed by atoms with van der Waals surface area (Å²) in [5.41, 5.74) is 1.76. The van der Waals surface area contributed by atoms with Gasteiger partial charge in [-0.1, -0.05) is 103 Å². The van der Waals surface area contributed by atoms with Gasteiger partial charge in [0.2, 0.25) is 0 Å². The predicted molar refractivity (Wildman–Crippen MR) is 149 cm³/mol. The van der Waals surface area contributed by atoms with Crippen molar-refractivity contribution >= 4 is 0 Å². The van der Waals surface area contributed by atoms with E-state index in [1.54, 1.807) is 12.2 Å². The molecule has 0 amide bonds. The molecule has 0 unspecified atom stereocenters. The predicted octanol–water partition coefficient (Wildman–Crippen LogP) is 6.02. The minimum absolute atomic E-state index is 0.285. The number of hydrogen-bond donors (Lipinski definition) is 1. The highest BCUT2D eigenvalue weighted by molar-refractivity contribution is 5.16. The molecule has 5 atom stereocenters. The summed E-state index contributed by atoms with van der Waals surface area (Å²) in [5, 5.41) is 12.1. The van der Waals surface area contributed by atoms with Crippen molar-refractivity contribution in [3.63, 3.8) is 0 Å². The molecule has 0 saturated carbocycles. The Morgan fingerprint density at radius 2 is 1.26 bits per heavy atom. The van der Waals surface area contributed by atoms with Crippen LogP contribution in [0.5, 0.6) is 0 Å². The van der Waals surface area contributed by atoms with Gasteiger partial charge in [-0.25, -0.2) is 0 Å². The second-order valence-electron chi connectivity index (χ2n) is 9.65. The monoisotopic (exact) mass is 514 g/mol. The maximum Gasteiger partial charge on any atom is 0.123 e. The van der Waals surface area contributed by atoms with E-state index >= 15 is 0 Å². The van der Waals surface area contributed by atoms with Gasteiger partial charge in [0.1, 0.15) is 23.9 Å². The second kappa shape index (κ2) is 14.2. The van der Waals surface area contributed by atoms with E-state index in [1.807, 2.05) is 91.0 Å². The van der Waals surface area contributed by atoms with Crippen molar-refractivity contribution in [1.29, 1.82) is 0 Å². The number of rotatable bonds is 14. The molecule has 200 valence electrons. The van der Waals surface area contributed by atoms with Crippen molar-refractivity contribution in [3.05, 3.63) is 133 Å². The minimum Gasteiger partial charge on any atom is -0.384 e. The zero-order valence-electron chi connectivity index (χ0n) is 21.9. The Labute approximate surface area is 226 Å². The average molecular weight is 515 g/mol. The highest BCUT2D eigenvalue weighted by Gasteiger charge is 2.55. The van der Waals surface area contributed by atoms with Crippen LogP contribution in [-0.4, -0.2) is 41.7 Å². The summed E-state index contributed by atoms with van der Waals surface area (Å²) >= 11 is 0. The Bertz CT molecular complexity index is 1100. The summed E-state index contributed by atoms with van der Waals surface area (Å²) in [6.07, 6.45) is 1.93. The maximum atomic E-state index is 12.1. The molecule has 5 nitrogen and oxygen atoms in total. The van der Waals surface area contributed by atoms with Crippen molar-refractivity contribution < 1.29 is 24.1 Å². The van der Waals surface area contributed by atoms with Crippen LogP contribution >= 0.6 is 0 Å². The van der Waals surface area contributed by atoms with Gasteiger partial charge in [0.25, 0.3) is 0 Å². The van der Waals surface area contributed by atoms with Gasteiger partial charge in [0.15, 0.2) is 0 Å². The number of benzene rings is 3. The standard InChI is InChI=1S/C33H38O5/c1-3-14-30-33(34,21-4-2)32(37-24-28-19-12-7-13-20-28)31(36-23-27-17-10-6-11-18-27)29(38-30)25-35-22-26-15-8-5-9-16-26/h3-13,15-20,29-32,34H,1-2,14,21-25H2/t29-,30+,31-,32+,33+/m1/s1. The lowest BCUT2D eigenvalue weighted by Crippen LogP contribution is -2.67. The summed E-state index contributed by atoms with van der Waals surface area (Å²) in [7, 11) is 0. The Kier molecular flexibility index (Phi) is 10.4. The number of aliphatic hydroxyl groups is 1. The Hall–Kier alpha value is -3.06. The Morgan fingerprint density at radius 1 is 0.737 bits per heavy atom. The normalized spacial score (nSPS) is 25.1. The molecule has 5 heteroatoms. The van der Waals surface area contributed by atoms with Crippen molar-refractivity contribution in [3.8, 4) is 0 Å². The lowest BCUT2D eigenvalue weighted by molar-refractivity contribution is -0.298. The van der Waals surface area contributed by atoms with Gasteiger partial charge in [-0.2, -0.15) is 0 Å². The highest BCUT2D eigenvalue weighted by Crippen LogP contribution is 2.39. The van der Waals surface area contributed by atoms with Crippen LogP contribution in [0.15, 0.2) is 116 Å². The average Bonchev–Trinajstić information content (AvgIpc) is 2.95. The highest BCUT2D eigenvalue weighted by atomic mass is 16.6. The molecule has 0 aromatic heterocycles. The lowest BCUT2D eigenvalue weighted by Gasteiger charge is -2.51. The molecule has 0 spiro atoms. The van der Waals surface area contributed by atoms with Crippen LogP contribution in [0.2, 0.25) is 0 Å². The molecule has 0 aliphatic carbocycles. The molecule has 38 heavy (non-hydrogen) atoms. The molecule has 1 fully saturated rings. The second-order valence-corrected chi connectivity index (χ2v) is 9.65. The van der Waals surface area contributed by atoms with Crippen molar-refractivity contribution in [1.82, 2.24) is 0 Å². The molecule has 0 radical (unpaired) electrons. The molecule has 1 heterocycles. The van der Waals surface area contributed by atoms with Gasteiger partial charge in [-0.3, -0.25) is 0 Å². The summed E-state index contributed by atoms with van der Waals surface area (Å²) in [6.45, 7) is 9.23. The van der Waals surface area contributed by atoms with E-state index in [0.717, 1.165) is 16.7 Å². The fourth-order valence-corrected chi connectivity index (χ4v) is 4.92. The third-order valence-corrected chi connectivity index (χ3v) is 6.86. The van der Waals surface area contributed by atoms with Gasteiger partial charge in [-0.05, 0) is 29.5 Å². The van der Waals surface area contributed by atoms with E-state index in [2.05, 4.69) is 13.2 Å². The summed E-state index contributed by atoms with van der Waals surface area (Å²) in [6, 6.07) is 29.9. The number of ether oxygens (including phenoxy) is 4. The largest absolute Gasteiger partial charge is 0.384 e. The fraction of sp³-hybridized carbons (Fsp3) is 0.333. The zero-order valence-corrected chi connectivity index (χ0v) is 21.9. The van der Waals surface area contributed by atoms with Crippen molar-refractivity contribution in [2.75, 3.05) is 6.61 Å². The molecular formula is C33H38O5. The lowest BCUT2D eigenvalue weighted by atomic mass is 9.78. The van der Waals surface area contributed by atoms with Gasteiger partial charge in [-0.15, -0.1) is 13.2 Å². The maximum absolute atomic E-state index is 12.1. The van der Waals surface area contributed by atoms with Gasteiger partial charge in [0, 0.05) is 0 Å². The van der Waals surface area contributed by atoms with Crippen LogP contribution < -0.4 is 0 Å². The van der Waals surface area contributed by atoms with Crippen LogP contribution in [0.1, 0.15) is 29.5 Å².